The lowest BCUT2D eigenvalue weighted by Gasteiger charge is -2.00. The summed E-state index contributed by atoms with van der Waals surface area (Å²) in [4.78, 5) is 0. The number of fused-ring (bicyclic) bond motifs is 1. The van der Waals surface area contributed by atoms with E-state index in [1.54, 1.807) is 0 Å². The fourth-order valence-electron chi connectivity index (χ4n) is 2.48. The number of aromatic nitrogens is 2. The first-order valence-electron chi connectivity index (χ1n) is 7.40. The highest BCUT2D eigenvalue weighted by molar-refractivity contribution is 5.93. The van der Waals surface area contributed by atoms with Gasteiger partial charge in [-0.3, -0.25) is 4.68 Å². The van der Waals surface area contributed by atoms with Crippen LogP contribution in [0.25, 0.3) is 22.2 Å². The lowest BCUT2D eigenvalue weighted by Crippen LogP contribution is -1.98. The maximum Gasteiger partial charge on any atom is 0.100 e. The Balaban J connectivity index is 0.000000775. The number of hydrogen-bond acceptors (Lipinski definition) is 2. The molecule has 3 nitrogen and oxygen atoms in total. The first-order chi connectivity index (χ1) is 10.3. The third kappa shape index (κ3) is 3.67. The third-order valence-corrected chi connectivity index (χ3v) is 3.39. The van der Waals surface area contributed by atoms with Gasteiger partial charge in [0.05, 0.1) is 5.52 Å². The molecule has 0 saturated heterocycles. The van der Waals surface area contributed by atoms with Gasteiger partial charge in [-0.15, -0.1) is 12.4 Å². The Bertz CT molecular complexity index is 705. The molecule has 22 heavy (non-hydrogen) atoms. The van der Waals surface area contributed by atoms with Crippen LogP contribution in [-0.4, -0.2) is 16.8 Å². The number of aryl methyl sites for hydroxylation is 2. The molecule has 1 aromatic heterocycles. The maximum absolute atomic E-state index is 4.81. The van der Waals surface area contributed by atoms with E-state index in [2.05, 4.69) is 66.7 Å². The summed E-state index contributed by atoms with van der Waals surface area (Å²) in [5, 5.41) is 6.06. The molecule has 0 atom stereocenters. The molecule has 0 spiro atoms. The summed E-state index contributed by atoms with van der Waals surface area (Å²) >= 11 is 0. The van der Waals surface area contributed by atoms with E-state index in [1.165, 1.54) is 29.1 Å². The van der Waals surface area contributed by atoms with Gasteiger partial charge in [-0.2, -0.15) is 5.10 Å². The Morgan fingerprint density at radius 3 is 2.36 bits per heavy atom. The molecule has 1 heterocycles. The van der Waals surface area contributed by atoms with Crippen LogP contribution < -0.4 is 5.73 Å². The molecule has 4 heteroatoms. The summed E-state index contributed by atoms with van der Waals surface area (Å²) in [7, 11) is 1.50. The molecule has 0 amide bonds. The van der Waals surface area contributed by atoms with Gasteiger partial charge in [-0.1, -0.05) is 48.9 Å². The standard InChI is InChI=1S/C17H18N2.CH5N.ClH/c1-3-11-19-16-10-9-13(2)12-15(16)17(18-19)14-7-5-4-6-8-14;1-2;/h4-10,12H,3,11H2,1-2H3;2H2,1H3;1H. The van der Waals surface area contributed by atoms with Crippen LogP contribution in [0.15, 0.2) is 48.5 Å². The molecule has 3 aromatic rings. The second-order valence-electron chi connectivity index (χ2n) is 4.96. The molecule has 0 fully saturated rings. The van der Waals surface area contributed by atoms with E-state index in [1.807, 2.05) is 6.07 Å². The zero-order valence-electron chi connectivity index (χ0n) is 13.4. The van der Waals surface area contributed by atoms with Gasteiger partial charge in [0.1, 0.15) is 5.69 Å². The third-order valence-electron chi connectivity index (χ3n) is 3.39. The first-order valence-corrected chi connectivity index (χ1v) is 7.40. The highest BCUT2D eigenvalue weighted by Crippen LogP contribution is 2.28. The minimum atomic E-state index is 0. The molecule has 0 radical (unpaired) electrons. The van der Waals surface area contributed by atoms with Gasteiger partial charge in [-0.25, -0.2) is 0 Å². The van der Waals surface area contributed by atoms with Crippen LogP contribution in [0.4, 0.5) is 0 Å². The van der Waals surface area contributed by atoms with Crippen LogP contribution in [0.5, 0.6) is 0 Å². The highest BCUT2D eigenvalue weighted by Gasteiger charge is 2.11. The molecule has 0 aliphatic heterocycles. The molecule has 3 rings (SSSR count). The average Bonchev–Trinajstić information content (AvgIpc) is 2.88. The molecule has 0 saturated carbocycles. The van der Waals surface area contributed by atoms with E-state index >= 15 is 0 Å². The lowest BCUT2D eigenvalue weighted by molar-refractivity contribution is 0.624. The maximum atomic E-state index is 4.81. The summed E-state index contributed by atoms with van der Waals surface area (Å²) in [5.74, 6) is 0. The van der Waals surface area contributed by atoms with Crippen molar-refractivity contribution in [3.05, 3.63) is 54.1 Å². The zero-order valence-corrected chi connectivity index (χ0v) is 14.2. The van der Waals surface area contributed by atoms with Gasteiger partial charge in [0, 0.05) is 17.5 Å². The Morgan fingerprint density at radius 1 is 1.05 bits per heavy atom. The van der Waals surface area contributed by atoms with Crippen molar-refractivity contribution in [2.24, 2.45) is 5.73 Å². The number of nitrogens with zero attached hydrogens (tertiary/aromatic N) is 2. The van der Waals surface area contributed by atoms with E-state index in [4.69, 9.17) is 5.10 Å². The normalized spacial score (nSPS) is 9.82. The van der Waals surface area contributed by atoms with E-state index in [9.17, 15) is 0 Å². The van der Waals surface area contributed by atoms with E-state index in [0.29, 0.717) is 0 Å². The predicted molar refractivity (Wildman–Crippen MR) is 97.6 cm³/mol. The topological polar surface area (TPSA) is 43.8 Å². The monoisotopic (exact) mass is 317 g/mol. The number of benzene rings is 2. The minimum absolute atomic E-state index is 0. The van der Waals surface area contributed by atoms with Gasteiger partial charge in [-0.05, 0) is 32.5 Å². The number of rotatable bonds is 3. The summed E-state index contributed by atoms with van der Waals surface area (Å²) in [6, 6.07) is 17.0. The summed E-state index contributed by atoms with van der Waals surface area (Å²) in [5.41, 5.74) is 9.28. The van der Waals surface area contributed by atoms with Gasteiger partial charge >= 0.3 is 0 Å². The molecule has 0 unspecified atom stereocenters. The van der Waals surface area contributed by atoms with Crippen molar-refractivity contribution in [1.82, 2.24) is 9.78 Å². The van der Waals surface area contributed by atoms with Crippen molar-refractivity contribution in [2.75, 3.05) is 7.05 Å². The average molecular weight is 318 g/mol. The second kappa shape index (κ2) is 8.57. The van der Waals surface area contributed by atoms with Crippen molar-refractivity contribution >= 4 is 23.3 Å². The van der Waals surface area contributed by atoms with E-state index in [0.717, 1.165) is 18.7 Å². The van der Waals surface area contributed by atoms with Crippen LogP contribution in [0.2, 0.25) is 0 Å². The van der Waals surface area contributed by atoms with Crippen LogP contribution >= 0.6 is 12.4 Å². The molecule has 2 N–H and O–H groups in total. The molecule has 0 bridgehead atoms. The fraction of sp³-hybridized carbons (Fsp3) is 0.278. The molecular weight excluding hydrogens is 294 g/mol. The smallest absolute Gasteiger partial charge is 0.100 e. The summed E-state index contributed by atoms with van der Waals surface area (Å²) < 4.78 is 2.12. The van der Waals surface area contributed by atoms with Gasteiger partial charge in [0.15, 0.2) is 0 Å². The van der Waals surface area contributed by atoms with Crippen LogP contribution in [-0.2, 0) is 6.54 Å². The van der Waals surface area contributed by atoms with Gasteiger partial charge in [0.25, 0.3) is 0 Å². The Morgan fingerprint density at radius 2 is 1.73 bits per heavy atom. The number of hydrogen-bond donors (Lipinski definition) is 1. The first kappa shape index (κ1) is 18.2. The zero-order chi connectivity index (χ0) is 15.2. The van der Waals surface area contributed by atoms with E-state index < -0.39 is 0 Å². The molecule has 0 aliphatic carbocycles. The fourth-order valence-corrected chi connectivity index (χ4v) is 2.48. The Kier molecular flexibility index (Phi) is 7.09. The highest BCUT2D eigenvalue weighted by atomic mass is 35.5. The van der Waals surface area contributed by atoms with Crippen molar-refractivity contribution < 1.29 is 0 Å². The Labute approximate surface area is 138 Å². The molecule has 0 aliphatic rings. The number of halogens is 1. The summed E-state index contributed by atoms with van der Waals surface area (Å²) in [6.07, 6.45) is 1.10. The predicted octanol–water partition coefficient (Wildman–Crippen LogP) is 4.42. The van der Waals surface area contributed by atoms with Crippen molar-refractivity contribution in [1.29, 1.82) is 0 Å². The quantitative estimate of drug-likeness (QED) is 0.777. The van der Waals surface area contributed by atoms with Crippen molar-refractivity contribution in [3.63, 3.8) is 0 Å². The van der Waals surface area contributed by atoms with Crippen LogP contribution in [0.3, 0.4) is 0 Å². The Hall–Kier alpha value is -1.84. The summed E-state index contributed by atoms with van der Waals surface area (Å²) in [6.45, 7) is 5.28. The van der Waals surface area contributed by atoms with Crippen LogP contribution in [0.1, 0.15) is 18.9 Å². The largest absolute Gasteiger partial charge is 0.333 e. The van der Waals surface area contributed by atoms with E-state index in [-0.39, 0.29) is 12.4 Å². The van der Waals surface area contributed by atoms with Crippen LogP contribution in [0, 0.1) is 6.92 Å². The molecular formula is C18H24ClN3. The molecule has 118 valence electrons. The van der Waals surface area contributed by atoms with Crippen molar-refractivity contribution in [3.8, 4) is 11.3 Å². The second-order valence-corrected chi connectivity index (χ2v) is 4.96. The van der Waals surface area contributed by atoms with Gasteiger partial charge in [0.2, 0.25) is 0 Å². The lowest BCUT2D eigenvalue weighted by atomic mass is 10.1. The minimum Gasteiger partial charge on any atom is -0.333 e. The van der Waals surface area contributed by atoms with Gasteiger partial charge < -0.3 is 5.73 Å². The number of nitrogens with two attached hydrogens (primary N) is 1. The SMILES string of the molecule is CCCn1nc(-c2ccccc2)c2cc(C)ccc21.CN.Cl. The van der Waals surface area contributed by atoms with Crippen molar-refractivity contribution in [2.45, 2.75) is 26.8 Å². The molecule has 2 aromatic carbocycles.